The Hall–Kier alpha value is -2.87. The van der Waals surface area contributed by atoms with Gasteiger partial charge in [0.15, 0.2) is 0 Å². The van der Waals surface area contributed by atoms with Gasteiger partial charge in [0.05, 0.1) is 10.7 Å². The molecule has 0 radical (unpaired) electrons. The zero-order valence-electron chi connectivity index (χ0n) is 15.6. The molecule has 1 N–H and O–H groups in total. The molecule has 2 aromatic carbocycles. The average molecular weight is 387 g/mol. The molecule has 0 heterocycles. The minimum atomic E-state index is -0.565. The number of carbonyl (C=O) groups is 2. The SMILES string of the molecule is Cc1cc(C)c(N(C)C(=O)SCC(=O)Nc2ccccc2[N+](=O)[O-])c(C)c1. The van der Waals surface area contributed by atoms with E-state index in [1.54, 1.807) is 13.1 Å². The molecule has 7 nitrogen and oxygen atoms in total. The van der Waals surface area contributed by atoms with Gasteiger partial charge in [-0.05, 0) is 38.0 Å². The first-order chi connectivity index (χ1) is 12.7. The van der Waals surface area contributed by atoms with Crippen LogP contribution in [-0.4, -0.2) is 28.9 Å². The van der Waals surface area contributed by atoms with Crippen LogP contribution in [0.4, 0.5) is 21.9 Å². The number of hydrogen-bond donors (Lipinski definition) is 1. The van der Waals surface area contributed by atoms with Gasteiger partial charge in [-0.3, -0.25) is 19.7 Å². The molecule has 0 bridgehead atoms. The zero-order valence-corrected chi connectivity index (χ0v) is 16.4. The van der Waals surface area contributed by atoms with Gasteiger partial charge in [0.25, 0.3) is 10.9 Å². The first-order valence-corrected chi connectivity index (χ1v) is 9.21. The molecule has 0 fully saturated rings. The molecule has 0 aliphatic heterocycles. The Labute approximate surface area is 161 Å². The predicted octanol–water partition coefficient (Wildman–Crippen LogP) is 4.45. The lowest BCUT2D eigenvalue weighted by atomic mass is 10.0. The van der Waals surface area contributed by atoms with Crippen molar-refractivity contribution in [3.8, 4) is 0 Å². The molecule has 2 aromatic rings. The Morgan fingerprint density at radius 1 is 1.15 bits per heavy atom. The third-order valence-corrected chi connectivity index (χ3v) is 4.87. The number of amides is 2. The Morgan fingerprint density at radius 2 is 1.74 bits per heavy atom. The number of benzene rings is 2. The maximum atomic E-state index is 12.5. The second kappa shape index (κ2) is 8.68. The van der Waals surface area contributed by atoms with Gasteiger partial charge in [-0.1, -0.05) is 41.6 Å². The number of anilines is 2. The van der Waals surface area contributed by atoms with E-state index in [0.717, 1.165) is 34.1 Å². The van der Waals surface area contributed by atoms with Crippen molar-refractivity contribution in [2.45, 2.75) is 20.8 Å². The van der Waals surface area contributed by atoms with Gasteiger partial charge in [0, 0.05) is 18.8 Å². The smallest absolute Gasteiger partial charge is 0.292 e. The quantitative estimate of drug-likeness (QED) is 0.604. The zero-order chi connectivity index (χ0) is 20.1. The molecule has 2 rings (SSSR count). The molecule has 0 saturated heterocycles. The van der Waals surface area contributed by atoms with Crippen molar-refractivity contribution in [2.75, 3.05) is 23.0 Å². The summed E-state index contributed by atoms with van der Waals surface area (Å²) in [7, 11) is 1.67. The second-order valence-corrected chi connectivity index (χ2v) is 7.11. The lowest BCUT2D eigenvalue weighted by molar-refractivity contribution is -0.383. The number of hydrogen-bond acceptors (Lipinski definition) is 5. The highest BCUT2D eigenvalue weighted by Gasteiger charge is 2.19. The summed E-state index contributed by atoms with van der Waals surface area (Å²) in [6.45, 7) is 5.86. The normalized spacial score (nSPS) is 10.4. The van der Waals surface area contributed by atoms with E-state index in [2.05, 4.69) is 5.32 Å². The van der Waals surface area contributed by atoms with E-state index < -0.39 is 10.8 Å². The molecular formula is C19H21N3O4S. The van der Waals surface area contributed by atoms with Crippen molar-refractivity contribution in [3.05, 3.63) is 63.2 Å². The maximum Gasteiger partial charge on any atom is 0.292 e. The second-order valence-electron chi connectivity index (χ2n) is 6.18. The summed E-state index contributed by atoms with van der Waals surface area (Å²) in [5.74, 6) is -0.618. The van der Waals surface area contributed by atoms with E-state index in [1.807, 2.05) is 32.9 Å². The van der Waals surface area contributed by atoms with Crippen LogP contribution in [0, 0.1) is 30.9 Å². The molecule has 0 aliphatic carbocycles. The van der Waals surface area contributed by atoms with Crippen molar-refractivity contribution in [1.29, 1.82) is 0 Å². The van der Waals surface area contributed by atoms with Crippen LogP contribution in [0.3, 0.4) is 0 Å². The Morgan fingerprint density at radius 3 is 2.33 bits per heavy atom. The van der Waals surface area contributed by atoms with E-state index in [-0.39, 0.29) is 22.4 Å². The fraction of sp³-hybridized carbons (Fsp3) is 0.263. The highest BCUT2D eigenvalue weighted by Crippen LogP contribution is 2.28. The summed E-state index contributed by atoms with van der Waals surface area (Å²) in [5, 5.41) is 13.2. The molecule has 0 saturated carbocycles. The van der Waals surface area contributed by atoms with Gasteiger partial charge in [-0.25, -0.2) is 0 Å². The summed E-state index contributed by atoms with van der Waals surface area (Å²) in [5.41, 5.74) is 3.81. The third-order valence-electron chi connectivity index (χ3n) is 3.95. The summed E-state index contributed by atoms with van der Waals surface area (Å²) < 4.78 is 0. The van der Waals surface area contributed by atoms with Gasteiger partial charge in [-0.15, -0.1) is 0 Å². The fourth-order valence-electron chi connectivity index (χ4n) is 2.94. The van der Waals surface area contributed by atoms with E-state index in [4.69, 9.17) is 0 Å². The molecule has 27 heavy (non-hydrogen) atoms. The van der Waals surface area contributed by atoms with E-state index in [1.165, 1.54) is 23.1 Å². The molecule has 142 valence electrons. The summed E-state index contributed by atoms with van der Waals surface area (Å²) in [4.78, 5) is 36.5. The molecule has 8 heteroatoms. The number of nitrogens with one attached hydrogen (secondary N) is 1. The Kier molecular flexibility index (Phi) is 6.57. The molecule has 2 amide bonds. The van der Waals surface area contributed by atoms with Gasteiger partial charge < -0.3 is 10.2 Å². The van der Waals surface area contributed by atoms with Crippen LogP contribution in [0.25, 0.3) is 0 Å². The maximum absolute atomic E-state index is 12.5. The van der Waals surface area contributed by atoms with Gasteiger partial charge >= 0.3 is 0 Å². The molecule has 0 unspecified atom stereocenters. The van der Waals surface area contributed by atoms with Crippen molar-refractivity contribution in [1.82, 2.24) is 0 Å². The minimum Gasteiger partial charge on any atom is -0.320 e. The average Bonchev–Trinajstić information content (AvgIpc) is 2.58. The highest BCUT2D eigenvalue weighted by molar-refractivity contribution is 8.14. The number of nitrogens with zero attached hydrogens (tertiary/aromatic N) is 2. The molecule has 0 aromatic heterocycles. The van der Waals surface area contributed by atoms with E-state index in [9.17, 15) is 19.7 Å². The van der Waals surface area contributed by atoms with Crippen LogP contribution in [0.15, 0.2) is 36.4 Å². The molecule has 0 spiro atoms. The standard InChI is InChI=1S/C19H21N3O4S/c1-12-9-13(2)18(14(3)10-12)21(4)19(24)27-11-17(23)20-15-7-5-6-8-16(15)22(25)26/h5-10H,11H2,1-4H3,(H,20,23). The largest absolute Gasteiger partial charge is 0.320 e. The van der Waals surface area contributed by atoms with E-state index in [0.29, 0.717) is 0 Å². The number of aryl methyl sites for hydroxylation is 3. The highest BCUT2D eigenvalue weighted by atomic mass is 32.2. The van der Waals surface area contributed by atoms with E-state index >= 15 is 0 Å². The van der Waals surface area contributed by atoms with Crippen LogP contribution in [0.2, 0.25) is 0 Å². The number of nitro groups is 1. The van der Waals surface area contributed by atoms with Crippen LogP contribution in [0.1, 0.15) is 16.7 Å². The lowest BCUT2D eigenvalue weighted by Gasteiger charge is -2.22. The molecular weight excluding hydrogens is 366 g/mol. The first kappa shape index (κ1) is 20.4. The van der Waals surface area contributed by atoms with Gasteiger partial charge in [0.1, 0.15) is 5.69 Å². The van der Waals surface area contributed by atoms with Crippen LogP contribution in [-0.2, 0) is 4.79 Å². The monoisotopic (exact) mass is 387 g/mol. The number of rotatable bonds is 5. The first-order valence-electron chi connectivity index (χ1n) is 8.22. The third kappa shape index (κ3) is 5.07. The molecule has 0 atom stereocenters. The number of thioether (sulfide) groups is 1. The molecule has 0 aliphatic rings. The fourth-order valence-corrected chi connectivity index (χ4v) is 3.55. The van der Waals surface area contributed by atoms with Crippen LogP contribution >= 0.6 is 11.8 Å². The van der Waals surface area contributed by atoms with Crippen molar-refractivity contribution >= 4 is 40.0 Å². The Bertz CT molecular complexity index is 875. The lowest BCUT2D eigenvalue weighted by Crippen LogP contribution is -2.26. The van der Waals surface area contributed by atoms with Crippen LogP contribution in [0.5, 0.6) is 0 Å². The summed E-state index contributed by atoms with van der Waals surface area (Å²) in [6, 6.07) is 9.87. The van der Waals surface area contributed by atoms with Crippen molar-refractivity contribution < 1.29 is 14.5 Å². The van der Waals surface area contributed by atoms with Gasteiger partial charge in [0.2, 0.25) is 5.91 Å². The van der Waals surface area contributed by atoms with Crippen molar-refractivity contribution in [2.24, 2.45) is 0 Å². The number of carbonyl (C=O) groups excluding carboxylic acids is 2. The van der Waals surface area contributed by atoms with Crippen LogP contribution < -0.4 is 10.2 Å². The summed E-state index contributed by atoms with van der Waals surface area (Å²) >= 11 is 0.848. The number of para-hydroxylation sites is 2. The summed E-state index contributed by atoms with van der Waals surface area (Å²) in [6.07, 6.45) is 0. The Balaban J connectivity index is 2.01. The predicted molar refractivity (Wildman–Crippen MR) is 109 cm³/mol. The number of nitro benzene ring substituents is 1. The van der Waals surface area contributed by atoms with Gasteiger partial charge in [-0.2, -0.15) is 0 Å². The minimum absolute atomic E-state index is 0.110. The van der Waals surface area contributed by atoms with Crippen molar-refractivity contribution in [3.63, 3.8) is 0 Å². The topological polar surface area (TPSA) is 92.6 Å².